The van der Waals surface area contributed by atoms with Crippen molar-refractivity contribution in [2.75, 3.05) is 6.54 Å². The van der Waals surface area contributed by atoms with Crippen LogP contribution in [-0.2, 0) is 5.41 Å². The molecule has 1 aliphatic rings. The van der Waals surface area contributed by atoms with Crippen LogP contribution in [-0.4, -0.2) is 22.2 Å². The maximum absolute atomic E-state index is 13.2. The fraction of sp³-hybridized carbons (Fsp3) is 0.238. The lowest BCUT2D eigenvalue weighted by Gasteiger charge is -2.16. The normalized spacial score (nSPS) is 14.8. The molecule has 1 amide bonds. The Morgan fingerprint density at radius 3 is 2.67 bits per heavy atom. The van der Waals surface area contributed by atoms with Gasteiger partial charge >= 0.3 is 0 Å². The van der Waals surface area contributed by atoms with Crippen LogP contribution in [0.2, 0.25) is 5.02 Å². The van der Waals surface area contributed by atoms with Crippen LogP contribution in [0.25, 0.3) is 5.69 Å². The summed E-state index contributed by atoms with van der Waals surface area (Å²) in [7, 11) is 0. The summed E-state index contributed by atoms with van der Waals surface area (Å²) in [4.78, 5) is 12.7. The predicted molar refractivity (Wildman–Crippen MR) is 103 cm³/mol. The second-order valence-corrected chi connectivity index (χ2v) is 7.44. The maximum Gasteiger partial charge on any atom is 0.254 e. The fourth-order valence-electron chi connectivity index (χ4n) is 3.37. The lowest BCUT2D eigenvalue weighted by atomic mass is 9.96. The fourth-order valence-corrected chi connectivity index (χ4v) is 3.55. The van der Waals surface area contributed by atoms with Gasteiger partial charge in [0, 0.05) is 17.0 Å². The topological polar surface area (TPSA) is 46.9 Å². The number of aromatic nitrogens is 2. The summed E-state index contributed by atoms with van der Waals surface area (Å²) in [5.41, 5.74) is 3.08. The number of hydrogen-bond donors (Lipinski definition) is 1. The molecule has 2 aromatic carbocycles. The summed E-state index contributed by atoms with van der Waals surface area (Å²) in [5.74, 6) is -0.406. The van der Waals surface area contributed by atoms with Gasteiger partial charge in [-0.05, 0) is 55.7 Å². The molecule has 4 rings (SSSR count). The number of nitrogens with one attached hydrogen (secondary N) is 1. The maximum atomic E-state index is 13.2. The van der Waals surface area contributed by atoms with E-state index in [2.05, 4.69) is 10.4 Å². The molecule has 4 nitrogen and oxygen atoms in total. The van der Waals surface area contributed by atoms with Crippen LogP contribution in [0.4, 0.5) is 4.39 Å². The molecular formula is C21H19ClFN3O. The van der Waals surface area contributed by atoms with E-state index in [1.54, 1.807) is 35.1 Å². The summed E-state index contributed by atoms with van der Waals surface area (Å²) in [5, 5.41) is 7.97. The summed E-state index contributed by atoms with van der Waals surface area (Å²) >= 11 is 6.05. The van der Waals surface area contributed by atoms with Crippen molar-refractivity contribution in [3.63, 3.8) is 0 Å². The molecule has 1 fully saturated rings. The highest BCUT2D eigenvalue weighted by Gasteiger charge is 2.44. The van der Waals surface area contributed by atoms with Crippen molar-refractivity contribution in [2.45, 2.75) is 25.2 Å². The van der Waals surface area contributed by atoms with E-state index >= 15 is 0 Å². The van der Waals surface area contributed by atoms with E-state index in [0.29, 0.717) is 17.1 Å². The van der Waals surface area contributed by atoms with E-state index in [1.165, 1.54) is 12.1 Å². The molecule has 1 heterocycles. The molecule has 0 saturated heterocycles. The van der Waals surface area contributed by atoms with E-state index in [4.69, 9.17) is 11.6 Å². The van der Waals surface area contributed by atoms with Crippen LogP contribution in [0.15, 0.2) is 54.7 Å². The Hall–Kier alpha value is -2.66. The number of nitrogens with zero attached hydrogens (tertiary/aromatic N) is 2. The molecule has 138 valence electrons. The highest BCUT2D eigenvalue weighted by molar-refractivity contribution is 6.30. The number of carbonyl (C=O) groups is 1. The molecule has 0 spiro atoms. The summed E-state index contributed by atoms with van der Waals surface area (Å²) in [6.45, 7) is 2.38. The third kappa shape index (κ3) is 3.47. The van der Waals surface area contributed by atoms with Gasteiger partial charge in [-0.1, -0.05) is 29.8 Å². The van der Waals surface area contributed by atoms with Gasteiger partial charge in [-0.15, -0.1) is 0 Å². The molecule has 1 N–H and O–H groups in total. The molecule has 0 aliphatic heterocycles. The molecule has 0 bridgehead atoms. The second-order valence-electron chi connectivity index (χ2n) is 7.01. The Morgan fingerprint density at radius 1 is 1.26 bits per heavy atom. The van der Waals surface area contributed by atoms with Crippen molar-refractivity contribution < 1.29 is 9.18 Å². The third-order valence-electron chi connectivity index (χ3n) is 5.20. The molecule has 1 saturated carbocycles. The molecule has 1 aliphatic carbocycles. The van der Waals surface area contributed by atoms with Gasteiger partial charge in [-0.25, -0.2) is 9.07 Å². The first-order chi connectivity index (χ1) is 13.0. The van der Waals surface area contributed by atoms with Crippen molar-refractivity contribution in [3.8, 4) is 5.69 Å². The van der Waals surface area contributed by atoms with Gasteiger partial charge in [-0.3, -0.25) is 4.79 Å². The zero-order chi connectivity index (χ0) is 19.0. The van der Waals surface area contributed by atoms with Gasteiger partial charge in [0.1, 0.15) is 5.82 Å². The average Bonchev–Trinajstić information content (AvgIpc) is 3.35. The van der Waals surface area contributed by atoms with Gasteiger partial charge < -0.3 is 5.32 Å². The van der Waals surface area contributed by atoms with E-state index in [9.17, 15) is 9.18 Å². The number of benzene rings is 2. The van der Waals surface area contributed by atoms with Crippen LogP contribution < -0.4 is 5.32 Å². The van der Waals surface area contributed by atoms with Gasteiger partial charge in [0.25, 0.3) is 5.91 Å². The smallest absolute Gasteiger partial charge is 0.254 e. The highest BCUT2D eigenvalue weighted by atomic mass is 35.5. The number of halogens is 2. The minimum atomic E-state index is -0.248. The van der Waals surface area contributed by atoms with Crippen molar-refractivity contribution in [1.29, 1.82) is 0 Å². The first-order valence-corrected chi connectivity index (χ1v) is 9.21. The van der Waals surface area contributed by atoms with Crippen LogP contribution in [0, 0.1) is 12.7 Å². The Labute approximate surface area is 162 Å². The number of rotatable bonds is 5. The quantitative estimate of drug-likeness (QED) is 0.708. The monoisotopic (exact) mass is 383 g/mol. The van der Waals surface area contributed by atoms with Crippen molar-refractivity contribution >= 4 is 17.5 Å². The lowest BCUT2D eigenvalue weighted by Crippen LogP contribution is -2.32. The minimum Gasteiger partial charge on any atom is -0.351 e. The van der Waals surface area contributed by atoms with Crippen LogP contribution in [0.1, 0.15) is 34.5 Å². The standard InChI is InChI=1S/C21H19ClFN3O/c1-14-19(12-25-26(14)18-4-2-3-16(22)11-18)20(27)24-13-21(9-10-21)15-5-7-17(23)8-6-15/h2-8,11-12H,9-10,13H2,1H3,(H,24,27). The SMILES string of the molecule is Cc1c(C(=O)NCC2(c3ccc(F)cc3)CC2)cnn1-c1cccc(Cl)c1. The lowest BCUT2D eigenvalue weighted by molar-refractivity contribution is 0.0949. The highest BCUT2D eigenvalue weighted by Crippen LogP contribution is 2.47. The molecule has 27 heavy (non-hydrogen) atoms. The zero-order valence-corrected chi connectivity index (χ0v) is 15.6. The summed E-state index contributed by atoms with van der Waals surface area (Å²) in [6.07, 6.45) is 3.54. The number of hydrogen-bond acceptors (Lipinski definition) is 2. The summed E-state index contributed by atoms with van der Waals surface area (Å²) in [6, 6.07) is 13.9. The van der Waals surface area contributed by atoms with E-state index in [-0.39, 0.29) is 17.1 Å². The number of amides is 1. The Balaban J connectivity index is 1.49. The van der Waals surface area contributed by atoms with Crippen LogP contribution >= 0.6 is 11.6 Å². The van der Waals surface area contributed by atoms with Gasteiger partial charge in [0.05, 0.1) is 23.1 Å². The van der Waals surface area contributed by atoms with E-state index in [1.807, 2.05) is 19.1 Å². The van der Waals surface area contributed by atoms with Crippen molar-refractivity contribution in [3.05, 3.63) is 82.4 Å². The molecule has 3 aromatic rings. The van der Waals surface area contributed by atoms with Gasteiger partial charge in [0.2, 0.25) is 0 Å². The van der Waals surface area contributed by atoms with Crippen molar-refractivity contribution in [1.82, 2.24) is 15.1 Å². The summed E-state index contributed by atoms with van der Waals surface area (Å²) < 4.78 is 14.9. The predicted octanol–water partition coefficient (Wildman–Crippen LogP) is 4.43. The van der Waals surface area contributed by atoms with E-state index < -0.39 is 0 Å². The minimum absolute atomic E-state index is 0.0831. The second kappa shape index (κ2) is 6.82. The Bertz CT molecular complexity index is 993. The molecule has 0 atom stereocenters. The van der Waals surface area contributed by atoms with Crippen molar-refractivity contribution in [2.24, 2.45) is 0 Å². The first-order valence-electron chi connectivity index (χ1n) is 8.83. The van der Waals surface area contributed by atoms with E-state index in [0.717, 1.165) is 29.8 Å². The Kier molecular flexibility index (Phi) is 4.48. The molecular weight excluding hydrogens is 365 g/mol. The first kappa shape index (κ1) is 17.7. The Morgan fingerprint density at radius 2 is 2.00 bits per heavy atom. The van der Waals surface area contributed by atoms with Crippen LogP contribution in [0.5, 0.6) is 0 Å². The molecule has 0 unspecified atom stereocenters. The van der Waals surface area contributed by atoms with Gasteiger partial charge in [-0.2, -0.15) is 5.10 Å². The molecule has 6 heteroatoms. The zero-order valence-electron chi connectivity index (χ0n) is 14.9. The third-order valence-corrected chi connectivity index (χ3v) is 5.44. The largest absolute Gasteiger partial charge is 0.351 e. The number of carbonyl (C=O) groups excluding carboxylic acids is 1. The molecule has 0 radical (unpaired) electrons. The average molecular weight is 384 g/mol. The van der Waals surface area contributed by atoms with Crippen LogP contribution in [0.3, 0.4) is 0 Å². The molecule has 1 aromatic heterocycles. The van der Waals surface area contributed by atoms with Gasteiger partial charge in [0.15, 0.2) is 0 Å².